The Morgan fingerprint density at radius 2 is 1.74 bits per heavy atom. The van der Waals surface area contributed by atoms with Gasteiger partial charge in [0, 0.05) is 12.7 Å². The van der Waals surface area contributed by atoms with E-state index in [-0.39, 0.29) is 5.11 Å². The normalized spacial score (nSPS) is 16.0. The van der Waals surface area contributed by atoms with Crippen molar-refractivity contribution in [1.82, 2.24) is 5.32 Å². The zero-order chi connectivity index (χ0) is 22.9. The molecule has 0 bridgehead atoms. The van der Waals surface area contributed by atoms with Crippen molar-refractivity contribution in [3.8, 4) is 0 Å². The summed E-state index contributed by atoms with van der Waals surface area (Å²) in [6, 6.07) is 12.1. The molecule has 2 aromatic carbocycles. The third-order valence-corrected chi connectivity index (χ3v) is 6.93. The van der Waals surface area contributed by atoms with Gasteiger partial charge in [0.05, 0.1) is 23.0 Å². The number of hydrogen-bond acceptors (Lipinski definition) is 3. The van der Waals surface area contributed by atoms with Crippen LogP contribution in [-0.2, 0) is 21.7 Å². The Morgan fingerprint density at radius 1 is 1.10 bits per heavy atom. The maximum absolute atomic E-state index is 13.2. The maximum Gasteiger partial charge on any atom is 0.416 e. The first-order valence-electron chi connectivity index (χ1n) is 9.72. The fourth-order valence-corrected chi connectivity index (χ4v) is 4.62. The number of benzene rings is 2. The fraction of sp³-hybridized carbons (Fsp3) is 0.381. The van der Waals surface area contributed by atoms with E-state index in [4.69, 9.17) is 12.2 Å². The van der Waals surface area contributed by atoms with Gasteiger partial charge in [-0.25, -0.2) is 8.42 Å². The Kier molecular flexibility index (Phi) is 6.52. The molecule has 1 saturated carbocycles. The Morgan fingerprint density at radius 3 is 2.35 bits per heavy atom. The van der Waals surface area contributed by atoms with Crippen molar-refractivity contribution in [2.75, 3.05) is 22.9 Å². The molecule has 0 unspecified atom stereocenters. The highest BCUT2D eigenvalue weighted by atomic mass is 32.2. The molecule has 3 rings (SSSR count). The van der Waals surface area contributed by atoms with Crippen LogP contribution in [0.3, 0.4) is 0 Å². The van der Waals surface area contributed by atoms with Crippen molar-refractivity contribution in [2.24, 2.45) is 0 Å². The number of thiocarbonyl (C=S) groups is 1. The van der Waals surface area contributed by atoms with E-state index in [0.29, 0.717) is 29.8 Å². The Labute approximate surface area is 185 Å². The molecular weight excluding hydrogens is 447 g/mol. The van der Waals surface area contributed by atoms with E-state index in [1.165, 1.54) is 19.2 Å². The van der Waals surface area contributed by atoms with E-state index in [1.54, 1.807) is 30.3 Å². The number of nitrogens with zero attached hydrogens (tertiary/aromatic N) is 1. The van der Waals surface area contributed by atoms with Crippen LogP contribution in [0.25, 0.3) is 0 Å². The summed E-state index contributed by atoms with van der Waals surface area (Å²) in [5.74, 6) is 0. The molecule has 0 aliphatic heterocycles. The van der Waals surface area contributed by atoms with Gasteiger partial charge in [0.2, 0.25) is 10.0 Å². The van der Waals surface area contributed by atoms with E-state index < -0.39 is 27.3 Å². The third kappa shape index (κ3) is 5.48. The minimum absolute atomic E-state index is 0.262. The molecule has 0 radical (unpaired) electrons. The summed E-state index contributed by atoms with van der Waals surface area (Å²) in [4.78, 5) is 0. The molecule has 0 saturated heterocycles. The monoisotopic (exact) mass is 471 g/mol. The van der Waals surface area contributed by atoms with Gasteiger partial charge in [-0.15, -0.1) is 0 Å². The number of anilines is 2. The van der Waals surface area contributed by atoms with Gasteiger partial charge in [-0.1, -0.05) is 31.0 Å². The van der Waals surface area contributed by atoms with Gasteiger partial charge in [0.15, 0.2) is 5.11 Å². The van der Waals surface area contributed by atoms with Crippen LogP contribution in [0.15, 0.2) is 48.5 Å². The predicted molar refractivity (Wildman–Crippen MR) is 121 cm³/mol. The molecule has 1 fully saturated rings. The SMILES string of the molecule is CN(c1cccc(NC(=S)NC2(c3cccc(C(F)(F)F)c3)CCCC2)c1)S(C)(=O)=O. The van der Waals surface area contributed by atoms with Gasteiger partial charge >= 0.3 is 6.18 Å². The second-order valence-corrected chi connectivity index (χ2v) is 10.1. The van der Waals surface area contributed by atoms with Crippen molar-refractivity contribution < 1.29 is 21.6 Å². The zero-order valence-electron chi connectivity index (χ0n) is 17.2. The molecule has 0 amide bonds. The Bertz CT molecular complexity index is 1070. The van der Waals surface area contributed by atoms with Crippen molar-refractivity contribution in [3.63, 3.8) is 0 Å². The molecule has 0 spiro atoms. The second-order valence-electron chi connectivity index (χ2n) is 7.73. The first-order chi connectivity index (χ1) is 14.4. The number of alkyl halides is 3. The van der Waals surface area contributed by atoms with Crippen LogP contribution in [0.5, 0.6) is 0 Å². The van der Waals surface area contributed by atoms with Gasteiger partial charge < -0.3 is 10.6 Å². The summed E-state index contributed by atoms with van der Waals surface area (Å²) in [7, 11) is -1.97. The molecule has 1 aliphatic rings. The summed E-state index contributed by atoms with van der Waals surface area (Å²) in [6.45, 7) is 0. The second kappa shape index (κ2) is 8.66. The third-order valence-electron chi connectivity index (χ3n) is 5.52. The Balaban J connectivity index is 1.81. The summed E-state index contributed by atoms with van der Waals surface area (Å²) >= 11 is 5.46. The highest BCUT2D eigenvalue weighted by Gasteiger charge is 2.38. The molecule has 0 aromatic heterocycles. The van der Waals surface area contributed by atoms with Crippen LogP contribution in [0.4, 0.5) is 24.5 Å². The van der Waals surface area contributed by atoms with Gasteiger partial charge in [-0.3, -0.25) is 4.31 Å². The van der Waals surface area contributed by atoms with E-state index in [2.05, 4.69) is 10.6 Å². The molecular formula is C21H24F3N3O2S2. The highest BCUT2D eigenvalue weighted by Crippen LogP contribution is 2.41. The number of hydrogen-bond donors (Lipinski definition) is 2. The quantitative estimate of drug-likeness (QED) is 0.610. The average molecular weight is 472 g/mol. The zero-order valence-corrected chi connectivity index (χ0v) is 18.8. The summed E-state index contributed by atoms with van der Waals surface area (Å²) in [5, 5.41) is 6.53. The standard InChI is InChI=1S/C21H24F3N3O2S2/c1-27(31(2,28)29)18-10-6-9-17(14-18)25-19(30)26-20(11-3-4-12-20)15-7-5-8-16(13-15)21(22,23)24/h5-10,13-14H,3-4,11-12H2,1-2H3,(H2,25,26,30). The van der Waals surface area contributed by atoms with Crippen LogP contribution in [0.2, 0.25) is 0 Å². The van der Waals surface area contributed by atoms with Crippen LogP contribution in [-0.4, -0.2) is 26.8 Å². The summed E-state index contributed by atoms with van der Waals surface area (Å²) in [5.41, 5.74) is 0.210. The van der Waals surface area contributed by atoms with E-state index in [9.17, 15) is 21.6 Å². The first kappa shape index (κ1) is 23.3. The van der Waals surface area contributed by atoms with Crippen LogP contribution in [0, 0.1) is 0 Å². The molecule has 168 valence electrons. The average Bonchev–Trinajstić information content (AvgIpc) is 3.16. The lowest BCUT2D eigenvalue weighted by Gasteiger charge is -2.33. The number of rotatable bonds is 5. The van der Waals surface area contributed by atoms with Gasteiger partial charge in [-0.2, -0.15) is 13.2 Å². The molecule has 0 atom stereocenters. The van der Waals surface area contributed by atoms with Gasteiger partial charge in [-0.05, 0) is 61.0 Å². The first-order valence-corrected chi connectivity index (χ1v) is 12.0. The highest BCUT2D eigenvalue weighted by molar-refractivity contribution is 7.92. The number of nitrogens with one attached hydrogen (secondary N) is 2. The van der Waals surface area contributed by atoms with Gasteiger partial charge in [0.25, 0.3) is 0 Å². The molecule has 1 aliphatic carbocycles. The van der Waals surface area contributed by atoms with Gasteiger partial charge in [0.1, 0.15) is 0 Å². The molecule has 2 aromatic rings. The lowest BCUT2D eigenvalue weighted by molar-refractivity contribution is -0.137. The van der Waals surface area contributed by atoms with Crippen molar-refractivity contribution in [2.45, 2.75) is 37.4 Å². The van der Waals surface area contributed by atoms with E-state index in [1.807, 2.05) is 0 Å². The fourth-order valence-electron chi connectivity index (χ4n) is 3.81. The maximum atomic E-state index is 13.2. The minimum atomic E-state index is -4.42. The molecule has 10 heteroatoms. The van der Waals surface area contributed by atoms with Crippen LogP contribution in [0.1, 0.15) is 36.8 Å². The lowest BCUT2D eigenvalue weighted by atomic mass is 9.87. The topological polar surface area (TPSA) is 61.4 Å². The smallest absolute Gasteiger partial charge is 0.353 e. The summed E-state index contributed by atoms with van der Waals surface area (Å²) < 4.78 is 64.3. The van der Waals surface area contributed by atoms with E-state index >= 15 is 0 Å². The Hall–Kier alpha value is -2.33. The van der Waals surface area contributed by atoms with Crippen molar-refractivity contribution in [1.29, 1.82) is 0 Å². The largest absolute Gasteiger partial charge is 0.416 e. The van der Waals surface area contributed by atoms with E-state index in [0.717, 1.165) is 29.5 Å². The minimum Gasteiger partial charge on any atom is -0.353 e. The molecule has 0 heterocycles. The number of sulfonamides is 1. The van der Waals surface area contributed by atoms with Crippen molar-refractivity contribution >= 4 is 38.7 Å². The lowest BCUT2D eigenvalue weighted by Crippen LogP contribution is -2.45. The van der Waals surface area contributed by atoms with Crippen LogP contribution >= 0.6 is 12.2 Å². The number of halogens is 3. The summed E-state index contributed by atoms with van der Waals surface area (Å²) in [6.07, 6.45) is -0.236. The van der Waals surface area contributed by atoms with Crippen molar-refractivity contribution in [3.05, 3.63) is 59.7 Å². The molecule has 31 heavy (non-hydrogen) atoms. The predicted octanol–water partition coefficient (Wildman–Crippen LogP) is 4.86. The molecule has 5 nitrogen and oxygen atoms in total. The molecule has 2 N–H and O–H groups in total. The van der Waals surface area contributed by atoms with Crippen LogP contribution < -0.4 is 14.9 Å².